The lowest BCUT2D eigenvalue weighted by Gasteiger charge is -2.35. The molecule has 4 aromatic carbocycles. The number of methoxy groups -OCH3 is 2. The summed E-state index contributed by atoms with van der Waals surface area (Å²) in [5.74, 6) is -0.527. The molecule has 0 aliphatic rings. The van der Waals surface area contributed by atoms with Crippen LogP contribution in [0.4, 0.5) is 5.69 Å². The molecule has 0 aliphatic heterocycles. The van der Waals surface area contributed by atoms with E-state index in [2.05, 4.69) is 5.32 Å². The van der Waals surface area contributed by atoms with Gasteiger partial charge in [-0.2, -0.15) is 0 Å². The number of hydrogen-bond donors (Lipinski definition) is 1. The van der Waals surface area contributed by atoms with Crippen LogP contribution in [0.5, 0.6) is 11.5 Å². The molecule has 4 rings (SSSR count). The molecule has 0 saturated heterocycles. The third kappa shape index (κ3) is 9.26. The van der Waals surface area contributed by atoms with E-state index in [4.69, 9.17) is 32.7 Å². The average molecular weight is 727 g/mol. The van der Waals surface area contributed by atoms with Crippen LogP contribution in [0.2, 0.25) is 10.0 Å². The Kier molecular flexibility index (Phi) is 13.0. The minimum Gasteiger partial charge on any atom is -0.497 e. The van der Waals surface area contributed by atoms with Gasteiger partial charge >= 0.3 is 0 Å². The summed E-state index contributed by atoms with van der Waals surface area (Å²) in [7, 11) is -1.52. The van der Waals surface area contributed by atoms with Crippen molar-refractivity contribution in [2.45, 2.75) is 57.1 Å². The molecule has 9 nitrogen and oxygen atoms in total. The van der Waals surface area contributed by atoms with E-state index in [1.807, 2.05) is 51.1 Å². The molecule has 0 fully saturated rings. The van der Waals surface area contributed by atoms with Gasteiger partial charge in [-0.25, -0.2) is 8.42 Å². The SMILES string of the molecule is CC[C@H](C)NC(=O)[C@H](Cc1ccccc1)N(Cc1c(Cl)cccc1Cl)C(=O)CN(c1cc(OC)ccc1OC)S(=O)(=O)c1ccc(C)cc1. The number of benzene rings is 4. The van der Waals surface area contributed by atoms with Crippen LogP contribution in [0.3, 0.4) is 0 Å². The number of sulfonamides is 1. The van der Waals surface area contributed by atoms with Crippen molar-refractivity contribution in [2.75, 3.05) is 25.1 Å². The number of nitrogens with zero attached hydrogens (tertiary/aromatic N) is 2. The van der Waals surface area contributed by atoms with Gasteiger partial charge in [0.15, 0.2) is 0 Å². The van der Waals surface area contributed by atoms with Gasteiger partial charge in [0.1, 0.15) is 24.1 Å². The number of carbonyl (C=O) groups is 2. The minimum absolute atomic E-state index is 0.0354. The predicted molar refractivity (Wildman–Crippen MR) is 194 cm³/mol. The average Bonchev–Trinajstić information content (AvgIpc) is 3.09. The number of carbonyl (C=O) groups excluding carboxylic acids is 2. The number of rotatable bonds is 15. The van der Waals surface area contributed by atoms with Crippen LogP contribution < -0.4 is 19.1 Å². The first-order chi connectivity index (χ1) is 23.4. The van der Waals surface area contributed by atoms with Gasteiger partial charge in [0.05, 0.1) is 24.8 Å². The van der Waals surface area contributed by atoms with E-state index in [0.717, 1.165) is 15.4 Å². The van der Waals surface area contributed by atoms with Gasteiger partial charge in [-0.1, -0.05) is 84.2 Å². The van der Waals surface area contributed by atoms with Crippen molar-refractivity contribution in [3.05, 3.63) is 118 Å². The molecule has 260 valence electrons. The van der Waals surface area contributed by atoms with Crippen molar-refractivity contribution in [1.82, 2.24) is 10.2 Å². The Morgan fingerprint density at radius 2 is 1.53 bits per heavy atom. The maximum atomic E-state index is 14.8. The maximum absolute atomic E-state index is 14.8. The number of nitrogens with one attached hydrogen (secondary N) is 1. The van der Waals surface area contributed by atoms with Gasteiger partial charge in [-0.05, 0) is 62.2 Å². The molecule has 0 aromatic heterocycles. The summed E-state index contributed by atoms with van der Waals surface area (Å²) in [6.45, 7) is 4.80. The topological polar surface area (TPSA) is 105 Å². The number of amides is 2. The van der Waals surface area contributed by atoms with E-state index in [1.54, 1.807) is 42.5 Å². The predicted octanol–water partition coefficient (Wildman–Crippen LogP) is 7.07. The molecule has 49 heavy (non-hydrogen) atoms. The van der Waals surface area contributed by atoms with Gasteiger partial charge in [-0.3, -0.25) is 13.9 Å². The molecule has 4 aromatic rings. The van der Waals surface area contributed by atoms with E-state index < -0.39 is 34.4 Å². The van der Waals surface area contributed by atoms with Gasteiger partial charge < -0.3 is 19.7 Å². The molecule has 2 atom stereocenters. The molecular weight excluding hydrogens is 685 g/mol. The molecule has 0 bridgehead atoms. The summed E-state index contributed by atoms with van der Waals surface area (Å²) in [5.41, 5.74) is 2.16. The molecule has 0 heterocycles. The maximum Gasteiger partial charge on any atom is 0.264 e. The van der Waals surface area contributed by atoms with Crippen molar-refractivity contribution in [3.63, 3.8) is 0 Å². The summed E-state index contributed by atoms with van der Waals surface area (Å²) in [4.78, 5) is 30.2. The molecule has 0 spiro atoms. The Labute approximate surface area is 298 Å². The van der Waals surface area contributed by atoms with Crippen LogP contribution in [0.15, 0.2) is 95.9 Å². The summed E-state index contributed by atoms with van der Waals surface area (Å²) < 4.78 is 40.9. The molecule has 0 saturated carbocycles. The fraction of sp³-hybridized carbons (Fsp3) is 0.297. The summed E-state index contributed by atoms with van der Waals surface area (Å²) in [6, 6.07) is 24.0. The van der Waals surface area contributed by atoms with Crippen LogP contribution in [-0.2, 0) is 32.6 Å². The first-order valence-corrected chi connectivity index (χ1v) is 18.0. The normalized spacial score (nSPS) is 12.5. The van der Waals surface area contributed by atoms with Crippen LogP contribution in [-0.4, -0.2) is 58.0 Å². The molecule has 12 heteroatoms. The molecule has 0 aliphatic carbocycles. The summed E-state index contributed by atoms with van der Waals surface area (Å²) >= 11 is 13.2. The quantitative estimate of drug-likeness (QED) is 0.141. The Balaban J connectivity index is 1.90. The molecule has 1 N–H and O–H groups in total. The molecule has 2 amide bonds. The summed E-state index contributed by atoms with van der Waals surface area (Å²) in [5, 5.41) is 3.60. The van der Waals surface area contributed by atoms with Gasteiger partial charge in [-0.15, -0.1) is 0 Å². The van der Waals surface area contributed by atoms with Gasteiger partial charge in [0.2, 0.25) is 11.8 Å². The number of anilines is 1. The lowest BCUT2D eigenvalue weighted by atomic mass is 10.0. The van der Waals surface area contributed by atoms with Crippen LogP contribution in [0.25, 0.3) is 0 Å². The van der Waals surface area contributed by atoms with Gasteiger partial charge in [0.25, 0.3) is 10.0 Å². The third-order valence-corrected chi connectivity index (χ3v) is 10.7. The zero-order valence-electron chi connectivity index (χ0n) is 28.2. The fourth-order valence-corrected chi connectivity index (χ4v) is 7.12. The highest BCUT2D eigenvalue weighted by molar-refractivity contribution is 7.92. The highest BCUT2D eigenvalue weighted by Crippen LogP contribution is 2.36. The summed E-state index contributed by atoms with van der Waals surface area (Å²) in [6.07, 6.45) is 0.802. The van der Waals surface area contributed by atoms with E-state index in [1.165, 1.54) is 37.3 Å². The third-order valence-electron chi connectivity index (χ3n) is 8.20. The van der Waals surface area contributed by atoms with Crippen molar-refractivity contribution in [1.29, 1.82) is 0 Å². The van der Waals surface area contributed by atoms with Crippen LogP contribution in [0.1, 0.15) is 37.0 Å². The largest absolute Gasteiger partial charge is 0.497 e. The standard InChI is InChI=1S/C37H41Cl2N3O6S/c1-6-26(3)40-37(44)34(21-27-11-8-7-9-12-27)41(23-30-31(38)13-10-14-32(30)39)36(43)24-42(33-22-28(47-4)17-20-35(33)48-5)49(45,46)29-18-15-25(2)16-19-29/h7-20,22,26,34H,6,21,23-24H2,1-5H3,(H,40,44)/t26-,34-/m0/s1. The van der Waals surface area contributed by atoms with Crippen molar-refractivity contribution >= 4 is 50.7 Å². The number of ether oxygens (including phenoxy) is 2. The van der Waals surface area contributed by atoms with E-state index in [0.29, 0.717) is 27.8 Å². The number of hydrogen-bond acceptors (Lipinski definition) is 6. The van der Waals surface area contributed by atoms with Gasteiger partial charge in [0, 0.05) is 40.7 Å². The second-order valence-electron chi connectivity index (χ2n) is 11.6. The number of aryl methyl sites for hydroxylation is 1. The molecule has 0 radical (unpaired) electrons. The van der Waals surface area contributed by atoms with E-state index in [-0.39, 0.29) is 35.3 Å². The van der Waals surface area contributed by atoms with Crippen LogP contribution >= 0.6 is 23.2 Å². The highest BCUT2D eigenvalue weighted by Gasteiger charge is 2.36. The second-order valence-corrected chi connectivity index (χ2v) is 14.3. The zero-order chi connectivity index (χ0) is 35.7. The van der Waals surface area contributed by atoms with Crippen molar-refractivity contribution in [3.8, 4) is 11.5 Å². The molecule has 0 unspecified atom stereocenters. The Morgan fingerprint density at radius 3 is 2.12 bits per heavy atom. The van der Waals surface area contributed by atoms with Crippen LogP contribution in [0, 0.1) is 6.92 Å². The van der Waals surface area contributed by atoms with Crippen molar-refractivity contribution in [2.24, 2.45) is 0 Å². The lowest BCUT2D eigenvalue weighted by Crippen LogP contribution is -2.54. The lowest BCUT2D eigenvalue weighted by molar-refractivity contribution is -0.140. The second kappa shape index (κ2) is 16.9. The first-order valence-electron chi connectivity index (χ1n) is 15.8. The Bertz CT molecular complexity index is 1840. The number of halogens is 2. The monoisotopic (exact) mass is 725 g/mol. The van der Waals surface area contributed by atoms with Crippen molar-refractivity contribution < 1.29 is 27.5 Å². The Morgan fingerprint density at radius 1 is 0.878 bits per heavy atom. The fourth-order valence-electron chi connectivity index (χ4n) is 5.19. The molecular formula is C37H41Cl2N3O6S. The minimum atomic E-state index is -4.38. The van der Waals surface area contributed by atoms with E-state index >= 15 is 0 Å². The highest BCUT2D eigenvalue weighted by atomic mass is 35.5. The Hall–Kier alpha value is -4.25. The first kappa shape index (κ1) is 37.6. The van der Waals surface area contributed by atoms with E-state index in [9.17, 15) is 18.0 Å². The smallest absolute Gasteiger partial charge is 0.264 e. The zero-order valence-corrected chi connectivity index (χ0v) is 30.5.